The van der Waals surface area contributed by atoms with Crippen LogP contribution in [0.5, 0.6) is 0 Å². The van der Waals surface area contributed by atoms with Gasteiger partial charge in [0.2, 0.25) is 0 Å². The van der Waals surface area contributed by atoms with Crippen LogP contribution in [0.25, 0.3) is 0 Å². The van der Waals surface area contributed by atoms with Crippen LogP contribution in [-0.4, -0.2) is 12.5 Å². The third-order valence-corrected chi connectivity index (χ3v) is 2.92. The lowest BCUT2D eigenvalue weighted by atomic mass is 9.88. The Labute approximate surface area is 92.7 Å². The predicted octanol–water partition coefficient (Wildman–Crippen LogP) is 3.13. The first-order valence-corrected chi connectivity index (χ1v) is 5.36. The maximum atomic E-state index is 13.7. The molecule has 16 heavy (non-hydrogen) atoms. The monoisotopic (exact) mass is 229 g/mol. The average molecular weight is 229 g/mol. The standard InChI is InChI=1S/C12H14F3N/c1-8-6-12(14,15)11(16-7-8)9-2-4-10(13)5-3-9/h2-5,8,11,16H,6-7H2,1H3. The zero-order chi connectivity index (χ0) is 11.8. The average Bonchev–Trinajstić information content (AvgIpc) is 2.18. The van der Waals surface area contributed by atoms with E-state index in [2.05, 4.69) is 5.32 Å². The normalized spacial score (nSPS) is 29.0. The van der Waals surface area contributed by atoms with Crippen molar-refractivity contribution in [3.63, 3.8) is 0 Å². The van der Waals surface area contributed by atoms with Crippen molar-refractivity contribution >= 4 is 0 Å². The van der Waals surface area contributed by atoms with E-state index in [1.807, 2.05) is 0 Å². The van der Waals surface area contributed by atoms with Gasteiger partial charge in [-0.05, 0) is 30.2 Å². The van der Waals surface area contributed by atoms with Gasteiger partial charge in [-0.25, -0.2) is 13.2 Å². The number of halogens is 3. The van der Waals surface area contributed by atoms with Gasteiger partial charge in [0.05, 0.1) is 6.04 Å². The zero-order valence-electron chi connectivity index (χ0n) is 9.01. The Morgan fingerprint density at radius 3 is 2.44 bits per heavy atom. The van der Waals surface area contributed by atoms with E-state index in [0.717, 1.165) is 0 Å². The maximum Gasteiger partial charge on any atom is 0.267 e. The van der Waals surface area contributed by atoms with Gasteiger partial charge in [-0.2, -0.15) is 0 Å². The molecule has 0 saturated carbocycles. The second-order valence-electron chi connectivity index (χ2n) is 4.46. The molecule has 0 bridgehead atoms. The summed E-state index contributed by atoms with van der Waals surface area (Å²) in [5, 5.41) is 2.82. The van der Waals surface area contributed by atoms with Crippen LogP contribution in [0.1, 0.15) is 24.9 Å². The summed E-state index contributed by atoms with van der Waals surface area (Å²) >= 11 is 0. The van der Waals surface area contributed by atoms with E-state index >= 15 is 0 Å². The Balaban J connectivity index is 2.23. The van der Waals surface area contributed by atoms with Crippen LogP contribution in [0.15, 0.2) is 24.3 Å². The highest BCUT2D eigenvalue weighted by Crippen LogP contribution is 2.39. The molecule has 88 valence electrons. The Hall–Kier alpha value is -1.03. The number of alkyl halides is 2. The van der Waals surface area contributed by atoms with E-state index < -0.39 is 17.8 Å². The van der Waals surface area contributed by atoms with Crippen LogP contribution < -0.4 is 5.32 Å². The second kappa shape index (κ2) is 4.09. The van der Waals surface area contributed by atoms with Crippen LogP contribution in [0.2, 0.25) is 0 Å². The van der Waals surface area contributed by atoms with Gasteiger partial charge in [0.15, 0.2) is 0 Å². The van der Waals surface area contributed by atoms with Gasteiger partial charge < -0.3 is 5.32 Å². The molecule has 0 spiro atoms. The summed E-state index contributed by atoms with van der Waals surface area (Å²) in [7, 11) is 0. The molecule has 1 aromatic carbocycles. The molecule has 0 aromatic heterocycles. The molecule has 0 aliphatic carbocycles. The number of rotatable bonds is 1. The van der Waals surface area contributed by atoms with E-state index in [1.54, 1.807) is 6.92 Å². The summed E-state index contributed by atoms with van der Waals surface area (Å²) in [5.74, 6) is -3.21. The van der Waals surface area contributed by atoms with Crippen LogP contribution >= 0.6 is 0 Å². The number of hydrogen-bond acceptors (Lipinski definition) is 1. The first kappa shape index (κ1) is 11.5. The maximum absolute atomic E-state index is 13.7. The first-order valence-electron chi connectivity index (χ1n) is 5.36. The lowest BCUT2D eigenvalue weighted by Gasteiger charge is -2.35. The summed E-state index contributed by atoms with van der Waals surface area (Å²) in [6, 6.07) is 4.26. The van der Waals surface area contributed by atoms with Crippen molar-refractivity contribution in [1.82, 2.24) is 5.32 Å². The van der Waals surface area contributed by atoms with Crippen molar-refractivity contribution in [1.29, 1.82) is 0 Å². The van der Waals surface area contributed by atoms with Gasteiger partial charge >= 0.3 is 0 Å². The zero-order valence-corrected chi connectivity index (χ0v) is 9.01. The van der Waals surface area contributed by atoms with Gasteiger partial charge in [0.1, 0.15) is 5.82 Å². The van der Waals surface area contributed by atoms with Crippen LogP contribution in [0.3, 0.4) is 0 Å². The van der Waals surface area contributed by atoms with Crippen LogP contribution in [-0.2, 0) is 0 Å². The van der Waals surface area contributed by atoms with Gasteiger partial charge in [0.25, 0.3) is 5.92 Å². The van der Waals surface area contributed by atoms with Crippen LogP contribution in [0.4, 0.5) is 13.2 Å². The quantitative estimate of drug-likeness (QED) is 0.780. The summed E-state index contributed by atoms with van der Waals surface area (Å²) in [6.07, 6.45) is -0.123. The Kier molecular flexibility index (Phi) is 2.93. The van der Waals surface area contributed by atoms with Crippen molar-refractivity contribution in [3.05, 3.63) is 35.6 Å². The Morgan fingerprint density at radius 1 is 1.25 bits per heavy atom. The lowest BCUT2D eigenvalue weighted by molar-refractivity contribution is -0.0763. The fourth-order valence-electron chi connectivity index (χ4n) is 2.14. The van der Waals surface area contributed by atoms with E-state index in [0.29, 0.717) is 12.1 Å². The van der Waals surface area contributed by atoms with E-state index in [9.17, 15) is 13.2 Å². The topological polar surface area (TPSA) is 12.0 Å². The molecule has 1 N–H and O–H groups in total. The molecular formula is C12H14F3N. The van der Waals surface area contributed by atoms with Crippen molar-refractivity contribution in [2.24, 2.45) is 5.92 Å². The minimum atomic E-state index is -2.77. The lowest BCUT2D eigenvalue weighted by Crippen LogP contribution is -2.46. The van der Waals surface area contributed by atoms with Crippen molar-refractivity contribution in [2.75, 3.05) is 6.54 Å². The summed E-state index contributed by atoms with van der Waals surface area (Å²) in [6.45, 7) is 2.36. The van der Waals surface area contributed by atoms with E-state index in [1.165, 1.54) is 24.3 Å². The highest BCUT2D eigenvalue weighted by molar-refractivity contribution is 5.22. The molecule has 2 unspecified atom stereocenters. The molecule has 1 nitrogen and oxygen atoms in total. The summed E-state index contributed by atoms with van der Waals surface area (Å²) < 4.78 is 40.2. The number of nitrogens with one attached hydrogen (secondary N) is 1. The minimum Gasteiger partial charge on any atom is -0.305 e. The number of piperidine rings is 1. The minimum absolute atomic E-state index is 0.0355. The van der Waals surface area contributed by atoms with Gasteiger partial charge in [-0.3, -0.25) is 0 Å². The molecule has 4 heteroatoms. The Bertz CT molecular complexity index is 361. The molecular weight excluding hydrogens is 215 g/mol. The van der Waals surface area contributed by atoms with Gasteiger partial charge in [0, 0.05) is 6.42 Å². The van der Waals surface area contributed by atoms with Crippen molar-refractivity contribution in [3.8, 4) is 0 Å². The Morgan fingerprint density at radius 2 is 1.88 bits per heavy atom. The summed E-state index contributed by atoms with van der Waals surface area (Å²) in [4.78, 5) is 0. The SMILES string of the molecule is CC1CNC(c2ccc(F)cc2)C(F)(F)C1. The number of benzene rings is 1. The predicted molar refractivity (Wildman–Crippen MR) is 55.9 cm³/mol. The summed E-state index contributed by atoms with van der Waals surface area (Å²) in [5.41, 5.74) is 0.443. The molecule has 2 rings (SSSR count). The fourth-order valence-corrected chi connectivity index (χ4v) is 2.14. The van der Waals surface area contributed by atoms with E-state index in [4.69, 9.17) is 0 Å². The molecule has 1 aliphatic heterocycles. The molecule has 1 saturated heterocycles. The van der Waals surface area contributed by atoms with Crippen molar-refractivity contribution < 1.29 is 13.2 Å². The molecule has 1 aromatic rings. The molecule has 0 amide bonds. The molecule has 1 heterocycles. The third-order valence-electron chi connectivity index (χ3n) is 2.92. The molecule has 0 radical (unpaired) electrons. The fraction of sp³-hybridized carbons (Fsp3) is 0.500. The smallest absolute Gasteiger partial charge is 0.267 e. The first-order chi connectivity index (χ1) is 7.49. The second-order valence-corrected chi connectivity index (χ2v) is 4.46. The van der Waals surface area contributed by atoms with Crippen molar-refractivity contribution in [2.45, 2.75) is 25.3 Å². The highest BCUT2D eigenvalue weighted by Gasteiger charge is 2.44. The van der Waals surface area contributed by atoms with Crippen LogP contribution in [0, 0.1) is 11.7 Å². The molecule has 1 fully saturated rings. The number of hydrogen-bond donors (Lipinski definition) is 1. The molecule has 1 aliphatic rings. The van der Waals surface area contributed by atoms with E-state index in [-0.39, 0.29) is 12.3 Å². The largest absolute Gasteiger partial charge is 0.305 e. The molecule has 2 atom stereocenters. The third kappa shape index (κ3) is 2.21. The highest BCUT2D eigenvalue weighted by atomic mass is 19.3. The van der Waals surface area contributed by atoms with Gasteiger partial charge in [-0.1, -0.05) is 19.1 Å². The van der Waals surface area contributed by atoms with Gasteiger partial charge in [-0.15, -0.1) is 0 Å².